The van der Waals surface area contributed by atoms with Crippen LogP contribution >= 0.6 is 0 Å². The summed E-state index contributed by atoms with van der Waals surface area (Å²) in [5.74, 6) is -2.39. The molecule has 0 spiro atoms. The van der Waals surface area contributed by atoms with E-state index < -0.39 is 11.9 Å². The van der Waals surface area contributed by atoms with Crippen molar-refractivity contribution in [2.45, 2.75) is 13.1 Å². The fraction of sp³-hybridized carbons (Fsp3) is 0.125. The third-order valence-corrected chi connectivity index (χ3v) is 3.09. The van der Waals surface area contributed by atoms with Crippen molar-refractivity contribution in [3.05, 3.63) is 70.8 Å². The Morgan fingerprint density at radius 1 is 0.810 bits per heavy atom. The van der Waals surface area contributed by atoms with Gasteiger partial charge in [0.05, 0.1) is 11.9 Å². The highest BCUT2D eigenvalue weighted by Gasteiger charge is 2.01. The minimum absolute atomic E-state index is 0.153. The van der Waals surface area contributed by atoms with Gasteiger partial charge in [0.15, 0.2) is 0 Å². The maximum absolute atomic E-state index is 10.8. The molecule has 21 heavy (non-hydrogen) atoms. The lowest BCUT2D eigenvalue weighted by Crippen LogP contribution is -2.80. The summed E-state index contributed by atoms with van der Waals surface area (Å²) in [7, 11) is 0. The van der Waals surface area contributed by atoms with Gasteiger partial charge in [-0.25, -0.2) is 0 Å². The van der Waals surface area contributed by atoms with Crippen LogP contribution in [0.4, 0.5) is 0 Å². The molecule has 2 aromatic carbocycles. The van der Waals surface area contributed by atoms with Crippen molar-refractivity contribution in [1.82, 2.24) is 0 Å². The van der Waals surface area contributed by atoms with E-state index in [4.69, 9.17) is 0 Å². The van der Waals surface area contributed by atoms with Crippen LogP contribution in [0.1, 0.15) is 31.8 Å². The van der Waals surface area contributed by atoms with Gasteiger partial charge < -0.3 is 25.1 Å². The van der Waals surface area contributed by atoms with Crippen LogP contribution in [-0.4, -0.2) is 11.9 Å². The van der Waals surface area contributed by atoms with Crippen LogP contribution in [0, 0.1) is 0 Å². The molecule has 0 fully saturated rings. The van der Waals surface area contributed by atoms with Crippen LogP contribution < -0.4 is 15.5 Å². The Hall–Kier alpha value is -2.66. The molecule has 2 rings (SSSR count). The first-order valence-electron chi connectivity index (χ1n) is 6.48. The van der Waals surface area contributed by atoms with E-state index in [1.807, 2.05) is 17.4 Å². The van der Waals surface area contributed by atoms with E-state index in [0.717, 1.165) is 11.1 Å². The Labute approximate surface area is 121 Å². The van der Waals surface area contributed by atoms with Crippen molar-refractivity contribution >= 4 is 11.9 Å². The Bertz CT molecular complexity index is 609. The van der Waals surface area contributed by atoms with Gasteiger partial charge in [0, 0.05) is 11.1 Å². The molecular formula is C16H14NO4-. The molecule has 0 unspecified atom stereocenters. The predicted molar refractivity (Wildman–Crippen MR) is 70.9 cm³/mol. The smallest absolute Gasteiger partial charge is 0.102 e. The summed E-state index contributed by atoms with van der Waals surface area (Å²) in [6.07, 6.45) is 0. The van der Waals surface area contributed by atoms with E-state index in [-0.39, 0.29) is 11.1 Å². The average Bonchev–Trinajstić information content (AvgIpc) is 2.48. The molecule has 0 atom stereocenters. The van der Waals surface area contributed by atoms with E-state index in [9.17, 15) is 19.8 Å². The van der Waals surface area contributed by atoms with E-state index >= 15 is 0 Å². The molecule has 5 heteroatoms. The minimum atomic E-state index is -1.20. The number of hydrogen-bond donors (Lipinski definition) is 1. The lowest BCUT2D eigenvalue weighted by molar-refractivity contribution is -0.686. The lowest BCUT2D eigenvalue weighted by Gasteiger charge is -2.07. The first kappa shape index (κ1) is 14.7. The summed E-state index contributed by atoms with van der Waals surface area (Å²) in [4.78, 5) is 21.5. The number of quaternary nitrogens is 1. The summed E-state index contributed by atoms with van der Waals surface area (Å²) < 4.78 is 0. The fourth-order valence-corrected chi connectivity index (χ4v) is 2.06. The second-order valence-electron chi connectivity index (χ2n) is 4.67. The van der Waals surface area contributed by atoms with Crippen LogP contribution in [0.25, 0.3) is 0 Å². The zero-order valence-electron chi connectivity index (χ0n) is 11.2. The Kier molecular flexibility index (Phi) is 4.68. The number of carbonyl (C=O) groups excluding carboxylic acids is 2. The van der Waals surface area contributed by atoms with Gasteiger partial charge in [-0.05, 0) is 23.3 Å². The van der Waals surface area contributed by atoms with Gasteiger partial charge in [0.25, 0.3) is 0 Å². The number of aromatic carboxylic acids is 2. The first-order valence-corrected chi connectivity index (χ1v) is 6.48. The first-order chi connectivity index (χ1) is 10.1. The molecule has 0 saturated carbocycles. The molecule has 0 amide bonds. The van der Waals surface area contributed by atoms with Gasteiger partial charge in [-0.15, -0.1) is 0 Å². The monoisotopic (exact) mass is 284 g/mol. The summed E-state index contributed by atoms with van der Waals surface area (Å²) in [5.41, 5.74) is 2.04. The minimum Gasteiger partial charge on any atom is -0.545 e. The predicted octanol–water partition coefficient (Wildman–Crippen LogP) is -1.32. The van der Waals surface area contributed by atoms with Gasteiger partial charge in [-0.3, -0.25) is 0 Å². The molecule has 0 aromatic heterocycles. The second-order valence-corrected chi connectivity index (χ2v) is 4.67. The fourth-order valence-electron chi connectivity index (χ4n) is 2.06. The highest BCUT2D eigenvalue weighted by atomic mass is 16.4. The summed E-state index contributed by atoms with van der Waals surface area (Å²) in [6, 6.07) is 13.1. The number of carboxylic acid groups (broad SMARTS) is 2. The maximum atomic E-state index is 10.8. The van der Waals surface area contributed by atoms with Crippen molar-refractivity contribution in [2.24, 2.45) is 0 Å². The van der Waals surface area contributed by atoms with Crippen LogP contribution in [0.3, 0.4) is 0 Å². The van der Waals surface area contributed by atoms with Crippen molar-refractivity contribution in [2.75, 3.05) is 0 Å². The molecule has 0 aliphatic carbocycles. The molecule has 0 heterocycles. The average molecular weight is 284 g/mol. The maximum Gasteiger partial charge on any atom is 0.102 e. The molecule has 0 radical (unpaired) electrons. The van der Waals surface area contributed by atoms with E-state index in [1.54, 1.807) is 24.3 Å². The normalized spacial score (nSPS) is 10.3. The molecule has 2 aromatic rings. The molecule has 5 nitrogen and oxygen atoms in total. The Balaban J connectivity index is 1.95. The molecule has 0 bridgehead atoms. The summed E-state index contributed by atoms with van der Waals surface area (Å²) >= 11 is 0. The standard InChI is InChI=1S/C16H15NO4/c18-15(19)13-5-1-3-11(7-13)9-17-10-12-4-2-6-14(8-12)16(20)21/h1-8,17H,9-10H2,(H,18,19)(H,20,21)/p-1. The molecule has 0 aliphatic heterocycles. The number of nitrogens with two attached hydrogens (primary N) is 1. The zero-order valence-corrected chi connectivity index (χ0v) is 11.2. The van der Waals surface area contributed by atoms with Gasteiger partial charge in [-0.2, -0.15) is 0 Å². The van der Waals surface area contributed by atoms with Gasteiger partial charge in [-0.1, -0.05) is 36.4 Å². The lowest BCUT2D eigenvalue weighted by atomic mass is 10.1. The quantitative estimate of drug-likeness (QED) is 0.711. The van der Waals surface area contributed by atoms with Crippen LogP contribution in [0.5, 0.6) is 0 Å². The van der Waals surface area contributed by atoms with Crippen LogP contribution in [0.15, 0.2) is 48.5 Å². The molecular weight excluding hydrogens is 270 g/mol. The van der Waals surface area contributed by atoms with E-state index in [0.29, 0.717) is 13.1 Å². The van der Waals surface area contributed by atoms with Crippen molar-refractivity contribution in [1.29, 1.82) is 0 Å². The van der Waals surface area contributed by atoms with Gasteiger partial charge >= 0.3 is 0 Å². The largest absolute Gasteiger partial charge is 0.545 e. The highest BCUT2D eigenvalue weighted by Crippen LogP contribution is 2.04. The van der Waals surface area contributed by atoms with Gasteiger partial charge in [0.1, 0.15) is 13.1 Å². The van der Waals surface area contributed by atoms with Crippen molar-refractivity contribution in [3.8, 4) is 0 Å². The topological polar surface area (TPSA) is 96.9 Å². The molecule has 2 N–H and O–H groups in total. The number of hydrogen-bond acceptors (Lipinski definition) is 4. The van der Waals surface area contributed by atoms with Crippen molar-refractivity contribution in [3.63, 3.8) is 0 Å². The Morgan fingerprint density at radius 3 is 1.62 bits per heavy atom. The summed E-state index contributed by atoms with van der Waals surface area (Å²) in [5, 5.41) is 23.5. The third kappa shape index (κ3) is 4.15. The SMILES string of the molecule is O=C([O-])c1cccc(C[NH2+]Cc2cccc(C(=O)[O-])c2)c1. The highest BCUT2D eigenvalue weighted by molar-refractivity contribution is 5.86. The van der Waals surface area contributed by atoms with Gasteiger partial charge in [0.2, 0.25) is 0 Å². The zero-order chi connectivity index (χ0) is 15.2. The molecule has 108 valence electrons. The number of rotatable bonds is 6. The third-order valence-electron chi connectivity index (χ3n) is 3.09. The van der Waals surface area contributed by atoms with Crippen LogP contribution in [-0.2, 0) is 13.1 Å². The second kappa shape index (κ2) is 6.67. The number of carbonyl (C=O) groups is 2. The Morgan fingerprint density at radius 2 is 1.24 bits per heavy atom. The number of carboxylic acids is 2. The molecule has 0 aliphatic rings. The number of benzene rings is 2. The molecule has 0 saturated heterocycles. The van der Waals surface area contributed by atoms with E-state index in [1.165, 1.54) is 12.1 Å². The van der Waals surface area contributed by atoms with Crippen LogP contribution in [0.2, 0.25) is 0 Å². The van der Waals surface area contributed by atoms with Crippen molar-refractivity contribution < 1.29 is 25.1 Å². The van der Waals surface area contributed by atoms with E-state index in [2.05, 4.69) is 0 Å². The summed E-state index contributed by atoms with van der Waals surface area (Å²) in [6.45, 7) is 1.19.